The maximum Gasteiger partial charge on any atom is 0.333 e. The normalized spacial score (nSPS) is 42.7. The van der Waals surface area contributed by atoms with Crippen LogP contribution in [-0.4, -0.2) is 22.8 Å². The minimum Gasteiger partial charge on any atom is -0.472 e. The monoisotopic (exact) mass is 400 g/mol. The second kappa shape index (κ2) is 7.30. The van der Waals surface area contributed by atoms with E-state index < -0.39 is 5.60 Å². The van der Waals surface area contributed by atoms with E-state index in [0.29, 0.717) is 5.92 Å². The summed E-state index contributed by atoms with van der Waals surface area (Å²) in [6.45, 7) is 8.62. The van der Waals surface area contributed by atoms with Gasteiger partial charge in [-0.2, -0.15) is 0 Å². The van der Waals surface area contributed by atoms with Crippen molar-refractivity contribution in [3.05, 3.63) is 35.8 Å². The minimum absolute atomic E-state index is 0.0375. The highest BCUT2D eigenvalue weighted by molar-refractivity contribution is 5.88. The Kier molecular flexibility index (Phi) is 5.21. The summed E-state index contributed by atoms with van der Waals surface area (Å²) in [6.07, 6.45) is 13.4. The summed E-state index contributed by atoms with van der Waals surface area (Å²) in [4.78, 5) is 12.3. The van der Waals surface area contributed by atoms with Gasteiger partial charge in [-0.25, -0.2) is 4.79 Å². The van der Waals surface area contributed by atoms with E-state index >= 15 is 0 Å². The van der Waals surface area contributed by atoms with E-state index in [-0.39, 0.29) is 28.8 Å². The fourth-order valence-corrected chi connectivity index (χ4v) is 7.16. The molecule has 2 aliphatic carbocycles. The molecule has 0 aromatic carbocycles. The van der Waals surface area contributed by atoms with Gasteiger partial charge in [-0.15, -0.1) is 0 Å². The summed E-state index contributed by atoms with van der Waals surface area (Å²) in [5.74, 6) is 0.511. The molecule has 0 saturated heterocycles. The van der Waals surface area contributed by atoms with Crippen LogP contribution >= 0.6 is 0 Å². The number of aryl methyl sites for hydroxylation is 1. The minimum atomic E-state index is -0.660. The van der Waals surface area contributed by atoms with E-state index in [1.807, 2.05) is 26.2 Å². The van der Waals surface area contributed by atoms with Crippen molar-refractivity contribution >= 4 is 5.97 Å². The third-order valence-corrected chi connectivity index (χ3v) is 8.76. The number of hydrogen-bond donors (Lipinski definition) is 1. The van der Waals surface area contributed by atoms with Crippen molar-refractivity contribution in [1.29, 1.82) is 0 Å². The molecular formula is C25H36O4. The van der Waals surface area contributed by atoms with Gasteiger partial charge in [0.1, 0.15) is 6.10 Å². The number of aliphatic hydroxyl groups is 1. The van der Waals surface area contributed by atoms with Crippen molar-refractivity contribution in [2.45, 2.75) is 90.8 Å². The predicted octanol–water partition coefficient (Wildman–Crippen LogP) is 5.45. The Hall–Kier alpha value is -1.55. The van der Waals surface area contributed by atoms with Crippen molar-refractivity contribution in [1.82, 2.24) is 0 Å². The SMILES string of the molecule is CC1=CC[C@H]([C@]2(C)CCC[C@@]3(C)[C@H]2CC[C@](C)(O)[C@@H]3CCc2ccoc2)OC1=O. The maximum atomic E-state index is 12.3. The van der Waals surface area contributed by atoms with Gasteiger partial charge in [-0.3, -0.25) is 0 Å². The molecule has 2 saturated carbocycles. The number of rotatable bonds is 4. The molecule has 0 unspecified atom stereocenters. The zero-order valence-electron chi connectivity index (χ0n) is 18.4. The molecule has 2 fully saturated rings. The van der Waals surface area contributed by atoms with Crippen LogP contribution in [0.1, 0.15) is 78.2 Å². The highest BCUT2D eigenvalue weighted by Crippen LogP contribution is 2.64. The number of hydrogen-bond acceptors (Lipinski definition) is 4. The van der Waals surface area contributed by atoms with Crippen molar-refractivity contribution < 1.29 is 19.1 Å². The molecular weight excluding hydrogens is 364 g/mol. The van der Waals surface area contributed by atoms with Crippen molar-refractivity contribution in [2.24, 2.45) is 22.7 Å². The highest BCUT2D eigenvalue weighted by Gasteiger charge is 2.61. The number of fused-ring (bicyclic) bond motifs is 1. The van der Waals surface area contributed by atoms with Crippen LogP contribution in [-0.2, 0) is 16.0 Å². The first kappa shape index (κ1) is 20.7. The molecule has 29 heavy (non-hydrogen) atoms. The second-order valence-electron chi connectivity index (χ2n) is 10.6. The highest BCUT2D eigenvalue weighted by atomic mass is 16.5. The standard InChI is InChI=1S/C25H36O4/c1-17-6-9-21(29-22(17)26)24(3)13-5-12-23(2)19(24)10-14-25(4,27)20(23)8-7-18-11-15-28-16-18/h6,11,15-16,19-21,27H,5,7-10,12-14H2,1-4H3/t19-,20-,21-,23+,24-,25+/m1/s1. The predicted molar refractivity (Wildman–Crippen MR) is 112 cm³/mol. The molecule has 0 bridgehead atoms. The van der Waals surface area contributed by atoms with Gasteiger partial charge in [0.2, 0.25) is 0 Å². The first-order chi connectivity index (χ1) is 13.7. The largest absolute Gasteiger partial charge is 0.472 e. The molecule has 0 spiro atoms. The summed E-state index contributed by atoms with van der Waals surface area (Å²) in [5, 5.41) is 11.4. The van der Waals surface area contributed by atoms with E-state index in [9.17, 15) is 9.90 Å². The first-order valence-corrected chi connectivity index (χ1v) is 11.3. The van der Waals surface area contributed by atoms with Crippen LogP contribution in [0, 0.1) is 22.7 Å². The molecule has 2 heterocycles. The van der Waals surface area contributed by atoms with E-state index in [2.05, 4.69) is 19.9 Å². The average Bonchev–Trinajstić information content (AvgIpc) is 3.16. The van der Waals surface area contributed by atoms with Crippen LogP contribution in [0.15, 0.2) is 34.7 Å². The summed E-state index contributed by atoms with van der Waals surface area (Å²) < 4.78 is 11.2. The van der Waals surface area contributed by atoms with Crippen LogP contribution in [0.3, 0.4) is 0 Å². The smallest absolute Gasteiger partial charge is 0.333 e. The molecule has 1 aliphatic heterocycles. The van der Waals surface area contributed by atoms with E-state index in [0.717, 1.165) is 56.9 Å². The topological polar surface area (TPSA) is 59.7 Å². The van der Waals surface area contributed by atoms with E-state index in [4.69, 9.17) is 9.15 Å². The molecule has 160 valence electrons. The molecule has 3 aliphatic rings. The zero-order chi connectivity index (χ0) is 20.9. The first-order valence-electron chi connectivity index (χ1n) is 11.3. The Balaban J connectivity index is 1.62. The van der Waals surface area contributed by atoms with Crippen molar-refractivity contribution in [2.75, 3.05) is 0 Å². The fraction of sp³-hybridized carbons (Fsp3) is 0.720. The van der Waals surface area contributed by atoms with Gasteiger partial charge in [-0.05, 0) is 81.3 Å². The number of cyclic esters (lactones) is 1. The molecule has 0 radical (unpaired) electrons. The van der Waals surface area contributed by atoms with Crippen LogP contribution in [0.5, 0.6) is 0 Å². The van der Waals surface area contributed by atoms with Gasteiger partial charge in [0.05, 0.1) is 18.1 Å². The van der Waals surface area contributed by atoms with Gasteiger partial charge in [0, 0.05) is 17.4 Å². The number of furan rings is 1. The Bertz CT molecular complexity index is 777. The zero-order valence-corrected chi connectivity index (χ0v) is 18.4. The quantitative estimate of drug-likeness (QED) is 0.683. The van der Waals surface area contributed by atoms with Gasteiger partial charge < -0.3 is 14.3 Å². The third kappa shape index (κ3) is 3.48. The summed E-state index contributed by atoms with van der Waals surface area (Å²) in [6, 6.07) is 2.03. The van der Waals surface area contributed by atoms with Gasteiger partial charge in [0.25, 0.3) is 0 Å². The summed E-state index contributed by atoms with van der Waals surface area (Å²) in [5.41, 5.74) is 1.28. The Labute approximate surface area is 174 Å². The summed E-state index contributed by atoms with van der Waals surface area (Å²) >= 11 is 0. The number of carbonyl (C=O) groups is 1. The third-order valence-electron chi connectivity index (χ3n) is 8.76. The molecule has 0 amide bonds. The molecule has 4 rings (SSSR count). The Morgan fingerprint density at radius 3 is 2.62 bits per heavy atom. The van der Waals surface area contributed by atoms with E-state index in [1.54, 1.807) is 6.26 Å². The number of esters is 1. The van der Waals surface area contributed by atoms with Gasteiger partial charge in [-0.1, -0.05) is 26.3 Å². The second-order valence-corrected chi connectivity index (χ2v) is 10.6. The maximum absolute atomic E-state index is 12.3. The number of carbonyl (C=O) groups excluding carboxylic acids is 1. The lowest BCUT2D eigenvalue weighted by molar-refractivity contribution is -0.202. The van der Waals surface area contributed by atoms with Crippen molar-refractivity contribution in [3.63, 3.8) is 0 Å². The van der Waals surface area contributed by atoms with Crippen LogP contribution in [0.25, 0.3) is 0 Å². The van der Waals surface area contributed by atoms with Gasteiger partial charge in [0.15, 0.2) is 0 Å². The van der Waals surface area contributed by atoms with Crippen LogP contribution in [0.4, 0.5) is 0 Å². The van der Waals surface area contributed by atoms with Gasteiger partial charge >= 0.3 is 5.97 Å². The average molecular weight is 401 g/mol. The molecule has 1 aromatic heterocycles. The Morgan fingerprint density at radius 1 is 1.17 bits per heavy atom. The summed E-state index contributed by atoms with van der Waals surface area (Å²) in [7, 11) is 0. The lowest BCUT2D eigenvalue weighted by Gasteiger charge is -2.63. The lowest BCUT2D eigenvalue weighted by atomic mass is 9.43. The molecule has 4 heteroatoms. The molecule has 4 nitrogen and oxygen atoms in total. The van der Waals surface area contributed by atoms with Crippen LogP contribution in [0.2, 0.25) is 0 Å². The molecule has 1 aromatic rings. The lowest BCUT2D eigenvalue weighted by Crippen LogP contribution is -2.61. The van der Waals surface area contributed by atoms with Crippen molar-refractivity contribution in [3.8, 4) is 0 Å². The van der Waals surface area contributed by atoms with Crippen LogP contribution < -0.4 is 0 Å². The number of ether oxygens (including phenoxy) is 1. The fourth-order valence-electron chi connectivity index (χ4n) is 7.16. The molecule has 1 N–H and O–H groups in total. The van der Waals surface area contributed by atoms with E-state index in [1.165, 1.54) is 5.56 Å². The Morgan fingerprint density at radius 2 is 1.93 bits per heavy atom. The molecule has 6 atom stereocenters.